The summed E-state index contributed by atoms with van der Waals surface area (Å²) in [5.74, 6) is 0. The first-order valence-corrected chi connectivity index (χ1v) is 5.63. The monoisotopic (exact) mass is 264 g/mol. The normalized spacial score (nSPS) is 23.8. The summed E-state index contributed by atoms with van der Waals surface area (Å²) in [4.78, 5) is 7.95. The van der Waals surface area contributed by atoms with Crippen molar-refractivity contribution in [2.45, 2.75) is 12.3 Å². The van der Waals surface area contributed by atoms with Crippen molar-refractivity contribution >= 4 is 23.1 Å². The molecule has 1 aliphatic heterocycles. The lowest BCUT2D eigenvalue weighted by molar-refractivity contribution is -0.0587. The van der Waals surface area contributed by atoms with Crippen LogP contribution in [0.25, 0.3) is 0 Å². The average molecular weight is 265 g/mol. The van der Waals surface area contributed by atoms with Crippen LogP contribution in [0.1, 0.15) is 0 Å². The van der Waals surface area contributed by atoms with Gasteiger partial charge in [0.25, 0.3) is 0 Å². The van der Waals surface area contributed by atoms with E-state index in [-0.39, 0.29) is 0 Å². The molecule has 17 heavy (non-hydrogen) atoms. The predicted octanol–water partition coefficient (Wildman–Crippen LogP) is 0.686. The maximum atomic E-state index is 5.95. The van der Waals surface area contributed by atoms with E-state index in [1.165, 1.54) is 6.34 Å². The zero-order chi connectivity index (χ0) is 12.5. The van der Waals surface area contributed by atoms with Crippen molar-refractivity contribution in [1.82, 2.24) is 0 Å². The highest BCUT2D eigenvalue weighted by Gasteiger charge is 2.28. The van der Waals surface area contributed by atoms with E-state index in [0.717, 1.165) is 0 Å². The standard InChI is InChI=1S/C10H17ClN2O4/c1-14-3-5-16-8-9(11)12-7-13-10(8)17-6-4-15-2/h7-8,10H,3-6H2,1-2H3. The van der Waals surface area contributed by atoms with Crippen molar-refractivity contribution in [2.24, 2.45) is 9.98 Å². The minimum atomic E-state index is -0.480. The quantitative estimate of drug-likeness (QED) is 0.605. The Labute approximate surface area is 106 Å². The molecule has 1 rings (SSSR count). The lowest BCUT2D eigenvalue weighted by Crippen LogP contribution is -2.38. The molecular weight excluding hydrogens is 248 g/mol. The van der Waals surface area contributed by atoms with Crippen molar-refractivity contribution in [1.29, 1.82) is 0 Å². The van der Waals surface area contributed by atoms with Gasteiger partial charge in [-0.1, -0.05) is 11.6 Å². The molecule has 2 unspecified atom stereocenters. The van der Waals surface area contributed by atoms with Gasteiger partial charge in [0.05, 0.1) is 26.4 Å². The summed E-state index contributed by atoms with van der Waals surface area (Å²) in [6.07, 6.45) is 0.413. The molecule has 0 aromatic rings. The molecule has 0 saturated heterocycles. The molecule has 98 valence electrons. The summed E-state index contributed by atoms with van der Waals surface area (Å²) >= 11 is 5.95. The van der Waals surface area contributed by atoms with Gasteiger partial charge in [-0.15, -0.1) is 0 Å². The highest BCUT2D eigenvalue weighted by atomic mass is 35.5. The van der Waals surface area contributed by atoms with E-state index in [0.29, 0.717) is 31.6 Å². The fourth-order valence-electron chi connectivity index (χ4n) is 1.22. The first kappa shape index (κ1) is 14.5. The number of nitrogens with zero attached hydrogens (tertiary/aromatic N) is 2. The van der Waals surface area contributed by atoms with Crippen LogP contribution in [0.4, 0.5) is 0 Å². The molecule has 0 aliphatic carbocycles. The third kappa shape index (κ3) is 5.10. The molecule has 7 heteroatoms. The first-order chi connectivity index (χ1) is 8.29. The molecule has 0 aromatic heterocycles. The van der Waals surface area contributed by atoms with Crippen molar-refractivity contribution in [3.8, 4) is 0 Å². The van der Waals surface area contributed by atoms with Crippen LogP contribution in [-0.4, -0.2) is 64.5 Å². The number of aliphatic imine (C=N–C) groups is 2. The van der Waals surface area contributed by atoms with E-state index in [9.17, 15) is 0 Å². The number of hydrogen-bond donors (Lipinski definition) is 0. The molecule has 1 heterocycles. The lowest BCUT2D eigenvalue weighted by atomic mass is 10.3. The fourth-order valence-corrected chi connectivity index (χ4v) is 1.43. The van der Waals surface area contributed by atoms with Gasteiger partial charge in [-0.05, 0) is 0 Å². The van der Waals surface area contributed by atoms with Gasteiger partial charge in [-0.2, -0.15) is 0 Å². The Balaban J connectivity index is 2.42. The van der Waals surface area contributed by atoms with Crippen molar-refractivity contribution in [3.63, 3.8) is 0 Å². The van der Waals surface area contributed by atoms with Crippen LogP contribution in [0.15, 0.2) is 9.98 Å². The van der Waals surface area contributed by atoms with Crippen molar-refractivity contribution in [2.75, 3.05) is 40.6 Å². The van der Waals surface area contributed by atoms with Crippen molar-refractivity contribution < 1.29 is 18.9 Å². The molecule has 0 spiro atoms. The zero-order valence-electron chi connectivity index (χ0n) is 9.97. The second kappa shape index (κ2) is 8.54. The summed E-state index contributed by atoms with van der Waals surface area (Å²) in [5, 5.41) is 0.332. The number of rotatable bonds is 8. The van der Waals surface area contributed by atoms with E-state index >= 15 is 0 Å². The minimum Gasteiger partial charge on any atom is -0.382 e. The molecule has 0 saturated carbocycles. The van der Waals surface area contributed by atoms with Crippen LogP contribution >= 0.6 is 11.6 Å². The second-order valence-electron chi connectivity index (χ2n) is 3.25. The zero-order valence-corrected chi connectivity index (χ0v) is 10.7. The molecular formula is C10H17ClN2O4. The van der Waals surface area contributed by atoms with E-state index in [4.69, 9.17) is 30.5 Å². The summed E-state index contributed by atoms with van der Waals surface area (Å²) in [7, 11) is 3.21. The second-order valence-corrected chi connectivity index (χ2v) is 3.64. The Morgan fingerprint density at radius 3 is 2.41 bits per heavy atom. The highest BCUT2D eigenvalue weighted by molar-refractivity contribution is 6.67. The third-order valence-corrected chi connectivity index (χ3v) is 2.36. The van der Waals surface area contributed by atoms with Crippen LogP contribution in [0.5, 0.6) is 0 Å². The van der Waals surface area contributed by atoms with E-state index < -0.39 is 12.3 Å². The van der Waals surface area contributed by atoms with Gasteiger partial charge in [0.15, 0.2) is 12.3 Å². The maximum absolute atomic E-state index is 5.95. The number of hydrogen-bond acceptors (Lipinski definition) is 6. The van der Waals surface area contributed by atoms with Gasteiger partial charge >= 0.3 is 0 Å². The topological polar surface area (TPSA) is 61.6 Å². The molecule has 2 atom stereocenters. The molecule has 0 radical (unpaired) electrons. The average Bonchev–Trinajstić information content (AvgIpc) is 2.33. The SMILES string of the molecule is COCCOC1N=CN=C(Cl)C1OCCOC. The first-order valence-electron chi connectivity index (χ1n) is 5.25. The summed E-state index contributed by atoms with van der Waals surface area (Å²) in [6, 6.07) is 0. The Kier molecular flexibility index (Phi) is 7.30. The molecule has 0 fully saturated rings. The van der Waals surface area contributed by atoms with Crippen molar-refractivity contribution in [3.05, 3.63) is 0 Å². The molecule has 0 bridgehead atoms. The molecule has 1 aliphatic rings. The largest absolute Gasteiger partial charge is 0.382 e. The van der Waals surface area contributed by atoms with Gasteiger partial charge < -0.3 is 18.9 Å². The van der Waals surface area contributed by atoms with Crippen LogP contribution in [0.3, 0.4) is 0 Å². The maximum Gasteiger partial charge on any atom is 0.182 e. The minimum absolute atomic E-state index is 0.332. The Hall–Kier alpha value is -0.530. The summed E-state index contributed by atoms with van der Waals surface area (Å²) in [6.45, 7) is 1.81. The number of halogens is 1. The van der Waals surface area contributed by atoms with E-state index in [1.807, 2.05) is 0 Å². The fraction of sp³-hybridized carbons (Fsp3) is 0.800. The van der Waals surface area contributed by atoms with Gasteiger partial charge in [0, 0.05) is 14.2 Å². The molecule has 0 amide bonds. The molecule has 0 N–H and O–H groups in total. The van der Waals surface area contributed by atoms with Gasteiger partial charge in [0.1, 0.15) is 11.5 Å². The Morgan fingerprint density at radius 2 is 1.76 bits per heavy atom. The Bertz CT molecular complexity index is 273. The third-order valence-electron chi connectivity index (χ3n) is 2.05. The number of ether oxygens (including phenoxy) is 4. The molecule has 0 aromatic carbocycles. The van der Waals surface area contributed by atoms with Crippen LogP contribution in [0, 0.1) is 0 Å². The van der Waals surface area contributed by atoms with E-state index in [1.54, 1.807) is 14.2 Å². The lowest BCUT2D eigenvalue weighted by Gasteiger charge is -2.25. The van der Waals surface area contributed by atoms with Crippen LogP contribution in [-0.2, 0) is 18.9 Å². The van der Waals surface area contributed by atoms with Gasteiger partial charge in [-0.25, -0.2) is 9.98 Å². The molecule has 6 nitrogen and oxygen atoms in total. The Morgan fingerprint density at radius 1 is 1.12 bits per heavy atom. The van der Waals surface area contributed by atoms with Crippen LogP contribution in [0.2, 0.25) is 0 Å². The van der Waals surface area contributed by atoms with Gasteiger partial charge in [-0.3, -0.25) is 0 Å². The number of methoxy groups -OCH3 is 2. The van der Waals surface area contributed by atoms with E-state index in [2.05, 4.69) is 9.98 Å². The van der Waals surface area contributed by atoms with Crippen LogP contribution < -0.4 is 0 Å². The predicted molar refractivity (Wildman–Crippen MR) is 65.0 cm³/mol. The summed E-state index contributed by atoms with van der Waals surface area (Å²) in [5.41, 5.74) is 0. The summed E-state index contributed by atoms with van der Waals surface area (Å²) < 4.78 is 20.8. The van der Waals surface area contributed by atoms with Gasteiger partial charge in [0.2, 0.25) is 0 Å². The smallest absolute Gasteiger partial charge is 0.182 e. The highest BCUT2D eigenvalue weighted by Crippen LogP contribution is 2.14.